The minimum Gasteiger partial charge on any atom is -0.321 e. The predicted octanol–water partition coefficient (Wildman–Crippen LogP) is 3.31. The zero-order valence-corrected chi connectivity index (χ0v) is 8.97. The highest BCUT2D eigenvalue weighted by Gasteiger charge is 2.17. The Labute approximate surface area is 87.1 Å². The smallest absolute Gasteiger partial charge is 0.0470 e. The Bertz CT molecular complexity index is 224. The van der Waals surface area contributed by atoms with E-state index in [-0.39, 0.29) is 6.04 Å². The second-order valence-electron chi connectivity index (χ2n) is 4.53. The van der Waals surface area contributed by atoms with Crippen molar-refractivity contribution in [3.05, 3.63) is 23.3 Å². The predicted molar refractivity (Wildman–Crippen MR) is 61.1 cm³/mol. The molecule has 0 radical (unpaired) electrons. The van der Waals surface area contributed by atoms with E-state index in [4.69, 9.17) is 5.73 Å². The van der Waals surface area contributed by atoms with Crippen LogP contribution in [-0.2, 0) is 0 Å². The Balaban J connectivity index is 2.02. The van der Waals surface area contributed by atoms with Crippen molar-refractivity contribution >= 4 is 0 Å². The zero-order chi connectivity index (χ0) is 9.80. The third-order valence-corrected chi connectivity index (χ3v) is 3.45. The van der Waals surface area contributed by atoms with Gasteiger partial charge in [0.2, 0.25) is 0 Å². The molecule has 0 amide bonds. The van der Waals surface area contributed by atoms with Gasteiger partial charge in [-0.05, 0) is 51.4 Å². The fourth-order valence-electron chi connectivity index (χ4n) is 2.53. The molecule has 0 aliphatic heterocycles. The molecule has 0 bridgehead atoms. The van der Waals surface area contributed by atoms with Gasteiger partial charge in [0.15, 0.2) is 0 Å². The summed E-state index contributed by atoms with van der Waals surface area (Å²) in [6.07, 6.45) is 15.1. The van der Waals surface area contributed by atoms with Crippen LogP contribution < -0.4 is 5.73 Å². The monoisotopic (exact) mass is 191 g/mol. The molecule has 2 rings (SSSR count). The Kier molecular flexibility index (Phi) is 3.41. The normalized spacial score (nSPS) is 23.3. The van der Waals surface area contributed by atoms with Crippen LogP contribution in [0, 0.1) is 0 Å². The molecule has 0 atom stereocenters. The molecule has 2 aliphatic carbocycles. The highest BCUT2D eigenvalue weighted by molar-refractivity contribution is 5.27. The number of allylic oxidation sites excluding steroid dienone is 2. The average molecular weight is 191 g/mol. The highest BCUT2D eigenvalue weighted by Crippen LogP contribution is 2.27. The standard InChI is InChI=1S/C13H21N/c14-13(11-7-3-1-4-8-11)12-9-5-2-6-10-12/h7,9,13H,1-6,8,10,14H2. The molecule has 1 heteroatoms. The minimum absolute atomic E-state index is 0.260. The van der Waals surface area contributed by atoms with E-state index in [0.717, 1.165) is 0 Å². The van der Waals surface area contributed by atoms with E-state index in [1.165, 1.54) is 62.5 Å². The van der Waals surface area contributed by atoms with Gasteiger partial charge in [-0.1, -0.05) is 23.3 Å². The first-order valence-corrected chi connectivity index (χ1v) is 6.01. The van der Waals surface area contributed by atoms with Crippen molar-refractivity contribution in [1.82, 2.24) is 0 Å². The van der Waals surface area contributed by atoms with E-state index in [2.05, 4.69) is 12.2 Å². The van der Waals surface area contributed by atoms with Crippen LogP contribution in [0.2, 0.25) is 0 Å². The molecule has 0 heterocycles. The molecule has 2 aliphatic rings. The molecule has 0 aromatic carbocycles. The van der Waals surface area contributed by atoms with E-state index in [1.807, 2.05) is 0 Å². The van der Waals surface area contributed by atoms with Gasteiger partial charge in [0.25, 0.3) is 0 Å². The second-order valence-corrected chi connectivity index (χ2v) is 4.53. The number of rotatable bonds is 2. The zero-order valence-electron chi connectivity index (χ0n) is 8.97. The Morgan fingerprint density at radius 1 is 0.857 bits per heavy atom. The van der Waals surface area contributed by atoms with Gasteiger partial charge in [-0.15, -0.1) is 0 Å². The van der Waals surface area contributed by atoms with Crippen molar-refractivity contribution in [2.75, 3.05) is 0 Å². The summed E-state index contributed by atoms with van der Waals surface area (Å²) < 4.78 is 0. The topological polar surface area (TPSA) is 26.0 Å². The molecule has 2 N–H and O–H groups in total. The molecule has 0 saturated heterocycles. The van der Waals surface area contributed by atoms with Gasteiger partial charge in [0.05, 0.1) is 0 Å². The van der Waals surface area contributed by atoms with Gasteiger partial charge in [-0.2, -0.15) is 0 Å². The molecule has 0 unspecified atom stereocenters. The summed E-state index contributed by atoms with van der Waals surface area (Å²) >= 11 is 0. The van der Waals surface area contributed by atoms with Crippen LogP contribution in [0.25, 0.3) is 0 Å². The molecule has 0 saturated carbocycles. The highest BCUT2D eigenvalue weighted by atomic mass is 14.6. The van der Waals surface area contributed by atoms with Gasteiger partial charge >= 0.3 is 0 Å². The Morgan fingerprint density at radius 2 is 1.36 bits per heavy atom. The average Bonchev–Trinajstić information content (AvgIpc) is 2.30. The first kappa shape index (κ1) is 9.97. The van der Waals surface area contributed by atoms with Gasteiger partial charge in [0.1, 0.15) is 0 Å². The van der Waals surface area contributed by atoms with Crippen LogP contribution in [0.5, 0.6) is 0 Å². The summed E-state index contributed by atoms with van der Waals surface area (Å²) in [5.74, 6) is 0. The van der Waals surface area contributed by atoms with Crippen LogP contribution in [0.4, 0.5) is 0 Å². The largest absolute Gasteiger partial charge is 0.321 e. The van der Waals surface area contributed by atoms with Crippen LogP contribution in [0.15, 0.2) is 23.3 Å². The van der Waals surface area contributed by atoms with Crippen molar-refractivity contribution in [1.29, 1.82) is 0 Å². The third kappa shape index (κ3) is 2.27. The number of hydrogen-bond acceptors (Lipinski definition) is 1. The van der Waals surface area contributed by atoms with Gasteiger partial charge in [-0.3, -0.25) is 0 Å². The molecular formula is C13H21N. The van der Waals surface area contributed by atoms with Gasteiger partial charge in [0, 0.05) is 6.04 Å². The maximum atomic E-state index is 6.29. The molecule has 14 heavy (non-hydrogen) atoms. The lowest BCUT2D eigenvalue weighted by molar-refractivity contribution is 0.620. The molecule has 0 spiro atoms. The summed E-state index contributed by atoms with van der Waals surface area (Å²) in [7, 11) is 0. The van der Waals surface area contributed by atoms with Crippen LogP contribution in [-0.4, -0.2) is 6.04 Å². The van der Waals surface area contributed by atoms with Crippen molar-refractivity contribution in [2.45, 2.75) is 57.4 Å². The van der Waals surface area contributed by atoms with Crippen molar-refractivity contribution in [3.63, 3.8) is 0 Å². The van der Waals surface area contributed by atoms with Gasteiger partial charge in [-0.25, -0.2) is 0 Å². The van der Waals surface area contributed by atoms with Crippen molar-refractivity contribution in [2.24, 2.45) is 5.73 Å². The summed E-state index contributed by atoms with van der Waals surface area (Å²) in [6.45, 7) is 0. The second kappa shape index (κ2) is 4.79. The van der Waals surface area contributed by atoms with E-state index < -0.39 is 0 Å². The molecule has 1 nitrogen and oxygen atoms in total. The van der Waals surface area contributed by atoms with E-state index in [0.29, 0.717) is 0 Å². The lowest BCUT2D eigenvalue weighted by Crippen LogP contribution is -2.27. The minimum atomic E-state index is 0.260. The quantitative estimate of drug-likeness (QED) is 0.666. The van der Waals surface area contributed by atoms with E-state index in [1.54, 1.807) is 0 Å². The SMILES string of the molecule is NC(C1=CCCCC1)C1=CCCCC1. The van der Waals surface area contributed by atoms with Crippen LogP contribution >= 0.6 is 0 Å². The maximum Gasteiger partial charge on any atom is 0.0470 e. The Hall–Kier alpha value is -0.560. The number of hydrogen-bond donors (Lipinski definition) is 1. The first-order chi connectivity index (χ1) is 6.88. The Morgan fingerprint density at radius 3 is 1.71 bits per heavy atom. The van der Waals surface area contributed by atoms with E-state index >= 15 is 0 Å². The summed E-state index contributed by atoms with van der Waals surface area (Å²) in [4.78, 5) is 0. The lowest BCUT2D eigenvalue weighted by Gasteiger charge is -2.24. The molecular weight excluding hydrogens is 170 g/mol. The van der Waals surface area contributed by atoms with Crippen LogP contribution in [0.3, 0.4) is 0 Å². The molecule has 0 fully saturated rings. The summed E-state index contributed by atoms with van der Waals surface area (Å²) in [5.41, 5.74) is 9.29. The fraction of sp³-hybridized carbons (Fsp3) is 0.692. The molecule has 78 valence electrons. The summed E-state index contributed by atoms with van der Waals surface area (Å²) in [5, 5.41) is 0. The fourth-order valence-corrected chi connectivity index (χ4v) is 2.53. The lowest BCUT2D eigenvalue weighted by atomic mass is 9.86. The van der Waals surface area contributed by atoms with Crippen molar-refractivity contribution in [3.8, 4) is 0 Å². The number of nitrogens with two attached hydrogens (primary N) is 1. The maximum absolute atomic E-state index is 6.29. The van der Waals surface area contributed by atoms with Gasteiger partial charge < -0.3 is 5.73 Å². The van der Waals surface area contributed by atoms with Crippen molar-refractivity contribution < 1.29 is 0 Å². The summed E-state index contributed by atoms with van der Waals surface area (Å²) in [6, 6.07) is 0.260. The third-order valence-electron chi connectivity index (χ3n) is 3.45. The van der Waals surface area contributed by atoms with E-state index in [9.17, 15) is 0 Å². The first-order valence-electron chi connectivity index (χ1n) is 6.01. The van der Waals surface area contributed by atoms with Crippen LogP contribution in [0.1, 0.15) is 51.4 Å². The molecule has 0 aromatic rings. The molecule has 0 aromatic heterocycles.